The molecule has 22 heavy (non-hydrogen) atoms. The highest BCUT2D eigenvalue weighted by molar-refractivity contribution is 5.95. The summed E-state index contributed by atoms with van der Waals surface area (Å²) in [6.07, 6.45) is 2.28. The number of aryl methyl sites for hydroxylation is 1. The molecule has 0 unspecified atom stereocenters. The lowest BCUT2D eigenvalue weighted by molar-refractivity contribution is 0.0953. The van der Waals surface area contributed by atoms with Crippen molar-refractivity contribution in [2.45, 2.75) is 6.42 Å². The normalized spacial score (nSPS) is 10.6. The molecular formula is C15H15N5O2. The predicted octanol–water partition coefficient (Wildman–Crippen LogP) is 1.44. The molecule has 2 aromatic heterocycles. The van der Waals surface area contributed by atoms with Gasteiger partial charge in [-0.3, -0.25) is 4.79 Å². The van der Waals surface area contributed by atoms with Gasteiger partial charge in [0.25, 0.3) is 5.91 Å². The van der Waals surface area contributed by atoms with Crippen LogP contribution < -0.4 is 5.32 Å². The zero-order chi connectivity index (χ0) is 15.4. The quantitative estimate of drug-likeness (QED) is 0.770. The van der Waals surface area contributed by atoms with Gasteiger partial charge in [-0.2, -0.15) is 0 Å². The monoisotopic (exact) mass is 297 g/mol. The Labute approximate surface area is 126 Å². The van der Waals surface area contributed by atoms with Crippen molar-refractivity contribution in [3.63, 3.8) is 0 Å². The van der Waals surface area contributed by atoms with Crippen LogP contribution in [0, 0.1) is 0 Å². The molecule has 0 atom stereocenters. The molecule has 112 valence electrons. The first-order chi connectivity index (χ1) is 10.7. The number of carbonyl (C=O) groups excluding carboxylic acids is 1. The van der Waals surface area contributed by atoms with E-state index in [1.54, 1.807) is 30.1 Å². The van der Waals surface area contributed by atoms with Crippen LogP contribution in [0.2, 0.25) is 0 Å². The van der Waals surface area contributed by atoms with Gasteiger partial charge in [-0.1, -0.05) is 12.1 Å². The molecule has 7 nitrogen and oxygen atoms in total. The lowest BCUT2D eigenvalue weighted by Crippen LogP contribution is -2.25. The van der Waals surface area contributed by atoms with Crippen LogP contribution in [-0.4, -0.2) is 32.7 Å². The van der Waals surface area contributed by atoms with Crippen LogP contribution in [0.5, 0.6) is 0 Å². The third-order valence-corrected chi connectivity index (χ3v) is 3.24. The van der Waals surface area contributed by atoms with Crippen molar-refractivity contribution in [3.8, 4) is 11.4 Å². The van der Waals surface area contributed by atoms with E-state index in [2.05, 4.69) is 20.8 Å². The van der Waals surface area contributed by atoms with E-state index in [1.165, 1.54) is 0 Å². The number of nitrogens with one attached hydrogen (secondary N) is 1. The predicted molar refractivity (Wildman–Crippen MR) is 79.0 cm³/mol. The van der Waals surface area contributed by atoms with Crippen molar-refractivity contribution in [3.05, 3.63) is 54.0 Å². The number of carbonyl (C=O) groups is 1. The Morgan fingerprint density at radius 3 is 2.95 bits per heavy atom. The number of rotatable bonds is 5. The lowest BCUT2D eigenvalue weighted by Gasteiger charge is -2.06. The van der Waals surface area contributed by atoms with E-state index in [-0.39, 0.29) is 5.91 Å². The van der Waals surface area contributed by atoms with E-state index in [0.717, 1.165) is 11.3 Å². The fraction of sp³-hybridized carbons (Fsp3) is 0.200. The lowest BCUT2D eigenvalue weighted by atomic mass is 10.1. The number of benzene rings is 1. The number of furan rings is 1. The Morgan fingerprint density at radius 1 is 1.32 bits per heavy atom. The van der Waals surface area contributed by atoms with Crippen LogP contribution in [0.15, 0.2) is 47.1 Å². The van der Waals surface area contributed by atoms with Gasteiger partial charge in [0.2, 0.25) is 0 Å². The van der Waals surface area contributed by atoms with Gasteiger partial charge in [-0.15, -0.1) is 5.10 Å². The van der Waals surface area contributed by atoms with Crippen LogP contribution in [-0.2, 0) is 13.5 Å². The van der Waals surface area contributed by atoms with Crippen molar-refractivity contribution < 1.29 is 9.21 Å². The smallest absolute Gasteiger partial charge is 0.251 e. The van der Waals surface area contributed by atoms with Crippen LogP contribution >= 0.6 is 0 Å². The van der Waals surface area contributed by atoms with Gasteiger partial charge in [0.1, 0.15) is 5.76 Å². The molecule has 0 aliphatic carbocycles. The standard InChI is InChI=1S/C15H15N5O2/c1-20-14(17-18-19-20)11-4-2-5-12(10-11)15(21)16-8-7-13-6-3-9-22-13/h2-6,9-10H,7-8H2,1H3,(H,16,21). The minimum Gasteiger partial charge on any atom is -0.469 e. The summed E-state index contributed by atoms with van der Waals surface area (Å²) in [4.78, 5) is 12.2. The number of amides is 1. The Kier molecular flexibility index (Phi) is 3.95. The molecule has 1 amide bonds. The topological polar surface area (TPSA) is 85.8 Å². The van der Waals surface area contributed by atoms with Crippen LogP contribution in [0.4, 0.5) is 0 Å². The van der Waals surface area contributed by atoms with Crippen LogP contribution in [0.25, 0.3) is 11.4 Å². The maximum absolute atomic E-state index is 12.2. The number of hydrogen-bond acceptors (Lipinski definition) is 5. The number of tetrazole rings is 1. The molecule has 0 radical (unpaired) electrons. The molecule has 0 saturated heterocycles. The van der Waals surface area contributed by atoms with E-state index in [4.69, 9.17) is 4.42 Å². The summed E-state index contributed by atoms with van der Waals surface area (Å²) in [5.74, 6) is 1.33. The molecule has 3 rings (SSSR count). The van der Waals surface area contributed by atoms with Crippen molar-refractivity contribution >= 4 is 5.91 Å². The molecule has 3 aromatic rings. The molecule has 0 spiro atoms. The first kappa shape index (κ1) is 14.0. The second-order valence-electron chi connectivity index (χ2n) is 4.79. The van der Waals surface area contributed by atoms with Gasteiger partial charge in [-0.05, 0) is 34.7 Å². The Hall–Kier alpha value is -2.96. The fourth-order valence-corrected chi connectivity index (χ4v) is 2.13. The highest BCUT2D eigenvalue weighted by atomic mass is 16.3. The van der Waals surface area contributed by atoms with Gasteiger partial charge in [-0.25, -0.2) is 4.68 Å². The molecule has 1 aromatic carbocycles. The molecule has 2 heterocycles. The Morgan fingerprint density at radius 2 is 2.23 bits per heavy atom. The average molecular weight is 297 g/mol. The van der Waals surface area contributed by atoms with Crippen molar-refractivity contribution in [2.24, 2.45) is 7.05 Å². The largest absolute Gasteiger partial charge is 0.469 e. The highest BCUT2D eigenvalue weighted by Crippen LogP contribution is 2.16. The number of hydrogen-bond donors (Lipinski definition) is 1. The first-order valence-corrected chi connectivity index (χ1v) is 6.87. The summed E-state index contributed by atoms with van der Waals surface area (Å²) in [5.41, 5.74) is 1.37. The minimum atomic E-state index is -0.136. The zero-order valence-corrected chi connectivity index (χ0v) is 12.1. The minimum absolute atomic E-state index is 0.136. The Balaban J connectivity index is 1.66. The van der Waals surface area contributed by atoms with Crippen LogP contribution in [0.1, 0.15) is 16.1 Å². The Bertz CT molecular complexity index is 764. The van der Waals surface area contributed by atoms with E-state index in [1.807, 2.05) is 24.3 Å². The number of aromatic nitrogens is 4. The summed E-state index contributed by atoms with van der Waals surface area (Å²) in [5, 5.41) is 14.2. The molecule has 0 aliphatic rings. The van der Waals surface area contributed by atoms with Crippen LogP contribution in [0.3, 0.4) is 0 Å². The summed E-state index contributed by atoms with van der Waals surface area (Å²) in [6.45, 7) is 0.516. The molecule has 0 fully saturated rings. The van der Waals surface area contributed by atoms with Crippen molar-refractivity contribution in [1.29, 1.82) is 0 Å². The maximum atomic E-state index is 12.2. The second-order valence-corrected chi connectivity index (χ2v) is 4.79. The van der Waals surface area contributed by atoms with E-state index in [0.29, 0.717) is 24.4 Å². The SMILES string of the molecule is Cn1nnnc1-c1cccc(C(=O)NCCc2ccco2)c1. The summed E-state index contributed by atoms with van der Waals surface area (Å²) in [7, 11) is 1.76. The molecule has 0 aliphatic heterocycles. The number of nitrogens with zero attached hydrogens (tertiary/aromatic N) is 4. The third-order valence-electron chi connectivity index (χ3n) is 3.24. The highest BCUT2D eigenvalue weighted by Gasteiger charge is 2.10. The van der Waals surface area contributed by atoms with Crippen molar-refractivity contribution in [1.82, 2.24) is 25.5 Å². The molecule has 0 bridgehead atoms. The van der Waals surface area contributed by atoms with Crippen molar-refractivity contribution in [2.75, 3.05) is 6.54 Å². The van der Waals surface area contributed by atoms with Gasteiger partial charge < -0.3 is 9.73 Å². The molecule has 0 saturated carbocycles. The average Bonchev–Trinajstić information content (AvgIpc) is 3.19. The second kappa shape index (κ2) is 6.21. The first-order valence-electron chi connectivity index (χ1n) is 6.87. The molecule has 1 N–H and O–H groups in total. The van der Waals surface area contributed by atoms with Gasteiger partial charge in [0, 0.05) is 31.1 Å². The molecular weight excluding hydrogens is 282 g/mol. The van der Waals surface area contributed by atoms with E-state index >= 15 is 0 Å². The summed E-state index contributed by atoms with van der Waals surface area (Å²) >= 11 is 0. The van der Waals surface area contributed by atoms with Gasteiger partial charge in [0.15, 0.2) is 5.82 Å². The fourth-order valence-electron chi connectivity index (χ4n) is 2.13. The molecule has 7 heteroatoms. The van der Waals surface area contributed by atoms with Gasteiger partial charge in [0.05, 0.1) is 6.26 Å². The summed E-state index contributed by atoms with van der Waals surface area (Å²) in [6, 6.07) is 10.9. The summed E-state index contributed by atoms with van der Waals surface area (Å²) < 4.78 is 6.79. The zero-order valence-electron chi connectivity index (χ0n) is 12.1. The van der Waals surface area contributed by atoms with Gasteiger partial charge >= 0.3 is 0 Å². The van der Waals surface area contributed by atoms with E-state index < -0.39 is 0 Å². The third kappa shape index (κ3) is 3.03. The maximum Gasteiger partial charge on any atom is 0.251 e. The van der Waals surface area contributed by atoms with E-state index in [9.17, 15) is 4.79 Å².